The summed E-state index contributed by atoms with van der Waals surface area (Å²) in [6.45, 7) is 5.40. The van der Waals surface area contributed by atoms with Crippen molar-refractivity contribution in [2.75, 3.05) is 46.2 Å². The average molecular weight is 464 g/mol. The minimum atomic E-state index is -0.0585. The second kappa shape index (κ2) is 12.6. The van der Waals surface area contributed by atoms with Crippen molar-refractivity contribution in [2.24, 2.45) is 4.99 Å². The number of rotatable bonds is 8. The summed E-state index contributed by atoms with van der Waals surface area (Å²) < 4.78 is 10.9. The predicted octanol–water partition coefficient (Wildman–Crippen LogP) is 2.57. The van der Waals surface area contributed by atoms with Crippen LogP contribution in [0.15, 0.2) is 23.2 Å². The fourth-order valence-electron chi connectivity index (χ4n) is 1.83. The number of hydrogen-bond acceptors (Lipinski definition) is 4. The van der Waals surface area contributed by atoms with E-state index in [1.54, 1.807) is 21.2 Å². The quantitative estimate of drug-likeness (QED) is 0.352. The summed E-state index contributed by atoms with van der Waals surface area (Å²) in [5, 5.41) is 6.37. The largest absolute Gasteiger partial charge is 0.493 e. The number of methoxy groups -OCH3 is 1. The van der Waals surface area contributed by atoms with Crippen LogP contribution in [0, 0.1) is 0 Å². The SMILES string of the molecule is CCCNC(=NCC(=O)N(C)C)Nc1ccc(OCC)c(OC)c1.I. The highest BCUT2D eigenvalue weighted by Gasteiger charge is 2.08. The highest BCUT2D eigenvalue weighted by atomic mass is 127. The van der Waals surface area contributed by atoms with Gasteiger partial charge in [0.1, 0.15) is 6.54 Å². The van der Waals surface area contributed by atoms with E-state index >= 15 is 0 Å². The Morgan fingerprint density at radius 1 is 1.24 bits per heavy atom. The van der Waals surface area contributed by atoms with Crippen molar-refractivity contribution in [3.63, 3.8) is 0 Å². The van der Waals surface area contributed by atoms with E-state index in [-0.39, 0.29) is 36.4 Å². The molecule has 0 radical (unpaired) electrons. The first-order valence-corrected chi connectivity index (χ1v) is 8.08. The van der Waals surface area contributed by atoms with Crippen LogP contribution in [-0.4, -0.2) is 57.7 Å². The van der Waals surface area contributed by atoms with Gasteiger partial charge in [0.2, 0.25) is 5.91 Å². The number of ether oxygens (including phenoxy) is 2. The molecule has 0 fully saturated rings. The lowest BCUT2D eigenvalue weighted by atomic mass is 10.2. The molecule has 0 atom stereocenters. The van der Waals surface area contributed by atoms with Crippen molar-refractivity contribution in [2.45, 2.75) is 20.3 Å². The van der Waals surface area contributed by atoms with Crippen molar-refractivity contribution in [1.29, 1.82) is 0 Å². The summed E-state index contributed by atoms with van der Waals surface area (Å²) >= 11 is 0. The van der Waals surface area contributed by atoms with Crippen molar-refractivity contribution in [3.05, 3.63) is 18.2 Å². The Morgan fingerprint density at radius 3 is 2.52 bits per heavy atom. The number of halogens is 1. The lowest BCUT2D eigenvalue weighted by Gasteiger charge is -2.15. The highest BCUT2D eigenvalue weighted by Crippen LogP contribution is 2.30. The highest BCUT2D eigenvalue weighted by molar-refractivity contribution is 14.0. The molecule has 8 heteroatoms. The molecule has 1 rings (SSSR count). The molecule has 0 unspecified atom stereocenters. The lowest BCUT2D eigenvalue weighted by Crippen LogP contribution is -2.33. The molecule has 0 saturated heterocycles. The van der Waals surface area contributed by atoms with Crippen LogP contribution >= 0.6 is 24.0 Å². The number of benzene rings is 1. The summed E-state index contributed by atoms with van der Waals surface area (Å²) in [7, 11) is 5.02. The first kappa shape index (κ1) is 23.3. The first-order valence-electron chi connectivity index (χ1n) is 8.08. The molecule has 0 aliphatic rings. The maximum atomic E-state index is 11.7. The predicted molar refractivity (Wildman–Crippen MR) is 112 cm³/mol. The zero-order chi connectivity index (χ0) is 17.9. The third-order valence-corrected chi connectivity index (χ3v) is 3.14. The van der Waals surface area contributed by atoms with Gasteiger partial charge in [-0.2, -0.15) is 0 Å². The van der Waals surface area contributed by atoms with Gasteiger partial charge in [-0.3, -0.25) is 4.79 Å². The zero-order valence-corrected chi connectivity index (χ0v) is 17.9. The number of anilines is 1. The number of hydrogen-bond donors (Lipinski definition) is 2. The first-order chi connectivity index (χ1) is 11.5. The third-order valence-electron chi connectivity index (χ3n) is 3.14. The number of carbonyl (C=O) groups excluding carboxylic acids is 1. The fraction of sp³-hybridized carbons (Fsp3) is 0.529. The number of aliphatic imine (C=N–C) groups is 1. The van der Waals surface area contributed by atoms with Gasteiger partial charge in [-0.1, -0.05) is 6.92 Å². The van der Waals surface area contributed by atoms with E-state index in [0.29, 0.717) is 24.1 Å². The molecule has 142 valence electrons. The second-order valence-electron chi connectivity index (χ2n) is 5.30. The van der Waals surface area contributed by atoms with Gasteiger partial charge in [0.15, 0.2) is 17.5 Å². The van der Waals surface area contributed by atoms with Crippen LogP contribution in [0.3, 0.4) is 0 Å². The second-order valence-corrected chi connectivity index (χ2v) is 5.30. The lowest BCUT2D eigenvalue weighted by molar-refractivity contribution is -0.127. The molecule has 1 amide bonds. The molecule has 1 aromatic carbocycles. The molecule has 0 aliphatic heterocycles. The van der Waals surface area contributed by atoms with Gasteiger partial charge in [0.05, 0.1) is 13.7 Å². The Labute approximate surface area is 167 Å². The molecule has 7 nitrogen and oxygen atoms in total. The van der Waals surface area contributed by atoms with Crippen LogP contribution in [0.2, 0.25) is 0 Å². The Kier molecular flexibility index (Phi) is 11.8. The van der Waals surface area contributed by atoms with E-state index in [9.17, 15) is 4.79 Å². The normalized spacial score (nSPS) is 10.5. The molecular weight excluding hydrogens is 435 g/mol. The summed E-state index contributed by atoms with van der Waals surface area (Å²) in [5.41, 5.74) is 0.801. The molecule has 0 heterocycles. The van der Waals surface area contributed by atoms with Gasteiger partial charge in [-0.15, -0.1) is 24.0 Å². The number of guanidine groups is 1. The average Bonchev–Trinajstić information content (AvgIpc) is 2.58. The van der Waals surface area contributed by atoms with Crippen LogP contribution < -0.4 is 20.1 Å². The molecule has 0 aromatic heterocycles. The third kappa shape index (κ3) is 8.28. The van der Waals surface area contributed by atoms with E-state index < -0.39 is 0 Å². The Morgan fingerprint density at radius 2 is 1.96 bits per heavy atom. The topological polar surface area (TPSA) is 75.2 Å². The van der Waals surface area contributed by atoms with E-state index in [1.165, 1.54) is 4.90 Å². The van der Waals surface area contributed by atoms with E-state index in [4.69, 9.17) is 9.47 Å². The maximum absolute atomic E-state index is 11.7. The van der Waals surface area contributed by atoms with Crippen LogP contribution in [0.1, 0.15) is 20.3 Å². The van der Waals surface area contributed by atoms with Crippen LogP contribution in [0.4, 0.5) is 5.69 Å². The smallest absolute Gasteiger partial charge is 0.243 e. The number of likely N-dealkylation sites (N-methyl/N-ethyl adjacent to an activating group) is 1. The van der Waals surface area contributed by atoms with Crippen molar-refractivity contribution in [1.82, 2.24) is 10.2 Å². The van der Waals surface area contributed by atoms with Gasteiger partial charge in [0.25, 0.3) is 0 Å². The van der Waals surface area contributed by atoms with Gasteiger partial charge >= 0.3 is 0 Å². The number of nitrogens with zero attached hydrogens (tertiary/aromatic N) is 2. The zero-order valence-electron chi connectivity index (χ0n) is 15.6. The fourth-order valence-corrected chi connectivity index (χ4v) is 1.83. The summed E-state index contributed by atoms with van der Waals surface area (Å²) in [5.74, 6) is 1.82. The number of amides is 1. The van der Waals surface area contributed by atoms with Gasteiger partial charge in [-0.05, 0) is 25.5 Å². The van der Waals surface area contributed by atoms with Gasteiger partial charge in [0, 0.05) is 32.4 Å². The standard InChI is InChI=1S/C17H28N4O3.HI/c1-6-10-18-17(19-12-16(22)21(3)4)20-13-8-9-14(24-7-2)15(11-13)23-5;/h8-9,11H,6-7,10,12H2,1-5H3,(H2,18,19,20);1H. The van der Waals surface area contributed by atoms with E-state index in [2.05, 4.69) is 22.5 Å². The molecule has 2 N–H and O–H groups in total. The molecule has 0 bridgehead atoms. The summed E-state index contributed by atoms with van der Waals surface area (Å²) in [6.07, 6.45) is 0.953. The summed E-state index contributed by atoms with van der Waals surface area (Å²) in [4.78, 5) is 17.6. The molecule has 25 heavy (non-hydrogen) atoms. The summed E-state index contributed by atoms with van der Waals surface area (Å²) in [6, 6.07) is 5.55. The van der Waals surface area contributed by atoms with Crippen LogP contribution in [0.5, 0.6) is 11.5 Å². The molecule has 0 spiro atoms. The van der Waals surface area contributed by atoms with Crippen molar-refractivity contribution in [3.8, 4) is 11.5 Å². The molecule has 1 aromatic rings. The van der Waals surface area contributed by atoms with Crippen LogP contribution in [0.25, 0.3) is 0 Å². The Hall–Kier alpha value is -1.71. The molecular formula is C17H29IN4O3. The minimum absolute atomic E-state index is 0. The Balaban J connectivity index is 0.00000576. The van der Waals surface area contributed by atoms with Gasteiger partial charge < -0.3 is 25.0 Å². The monoisotopic (exact) mass is 464 g/mol. The Bertz CT molecular complexity index is 565. The maximum Gasteiger partial charge on any atom is 0.243 e. The molecule has 0 aliphatic carbocycles. The number of carbonyl (C=O) groups is 1. The van der Waals surface area contributed by atoms with Crippen LogP contribution in [-0.2, 0) is 4.79 Å². The molecule has 0 saturated carbocycles. The van der Waals surface area contributed by atoms with E-state index in [1.807, 2.05) is 25.1 Å². The van der Waals surface area contributed by atoms with Gasteiger partial charge in [-0.25, -0.2) is 4.99 Å². The number of nitrogens with one attached hydrogen (secondary N) is 2. The minimum Gasteiger partial charge on any atom is -0.493 e. The van der Waals surface area contributed by atoms with Crippen molar-refractivity contribution < 1.29 is 14.3 Å². The van der Waals surface area contributed by atoms with Crippen molar-refractivity contribution >= 4 is 41.5 Å². The van der Waals surface area contributed by atoms with E-state index in [0.717, 1.165) is 18.7 Å².